The Morgan fingerprint density at radius 1 is 0.872 bits per heavy atom. The van der Waals surface area contributed by atoms with E-state index in [0.29, 0.717) is 30.7 Å². The Morgan fingerprint density at radius 3 is 2.56 bits per heavy atom. The number of unbranched alkanes of at least 4 members (excludes halogenated alkanes) is 3. The van der Waals surface area contributed by atoms with Crippen LogP contribution in [0.25, 0.3) is 22.1 Å². The lowest BCUT2D eigenvalue weighted by Crippen LogP contribution is -2.04. The molecule has 200 valence electrons. The van der Waals surface area contributed by atoms with Crippen LogP contribution in [-0.2, 0) is 13.2 Å². The second-order valence-corrected chi connectivity index (χ2v) is 9.32. The van der Waals surface area contributed by atoms with Gasteiger partial charge in [0, 0.05) is 11.9 Å². The van der Waals surface area contributed by atoms with Crippen molar-refractivity contribution in [1.29, 1.82) is 0 Å². The summed E-state index contributed by atoms with van der Waals surface area (Å²) in [5.74, 6) is 1.71. The number of anilines is 1. The fourth-order valence-corrected chi connectivity index (χ4v) is 4.57. The molecule has 2 aromatic heterocycles. The maximum absolute atomic E-state index is 6.01. The molecule has 0 radical (unpaired) electrons. The van der Waals surface area contributed by atoms with Gasteiger partial charge in [0.1, 0.15) is 12.1 Å². The predicted octanol–water partition coefficient (Wildman–Crippen LogP) is 6.98. The van der Waals surface area contributed by atoms with Crippen LogP contribution in [-0.4, -0.2) is 32.6 Å². The van der Waals surface area contributed by atoms with Gasteiger partial charge < -0.3 is 14.0 Å². The van der Waals surface area contributed by atoms with Gasteiger partial charge in [0.05, 0.1) is 18.3 Å². The van der Waals surface area contributed by atoms with Crippen molar-refractivity contribution in [3.8, 4) is 11.5 Å². The number of para-hydroxylation sites is 1. The normalized spacial score (nSPS) is 11.4. The van der Waals surface area contributed by atoms with Crippen LogP contribution in [0.4, 0.5) is 5.95 Å². The van der Waals surface area contributed by atoms with Crippen LogP contribution in [0.15, 0.2) is 77.9 Å². The number of nitrogens with one attached hydrogen (secondary N) is 1. The summed E-state index contributed by atoms with van der Waals surface area (Å²) in [5.41, 5.74) is 7.66. The number of hydrazone groups is 1. The van der Waals surface area contributed by atoms with Gasteiger partial charge in [-0.25, -0.2) is 5.43 Å². The van der Waals surface area contributed by atoms with E-state index in [1.165, 1.54) is 19.3 Å². The molecule has 2 heterocycles. The molecule has 8 nitrogen and oxygen atoms in total. The largest absolute Gasteiger partial charge is 0.490 e. The molecule has 1 N–H and O–H groups in total. The first-order chi connectivity index (χ1) is 19.3. The Hall–Kier alpha value is -4.46. The number of ether oxygens (including phenoxy) is 2. The first-order valence-electron chi connectivity index (χ1n) is 13.6. The molecule has 0 bridgehead atoms. The third kappa shape index (κ3) is 6.34. The molecule has 0 saturated carbocycles. The number of benzene rings is 3. The van der Waals surface area contributed by atoms with Crippen LogP contribution in [0.2, 0.25) is 0 Å². The van der Waals surface area contributed by atoms with Crippen molar-refractivity contribution in [2.75, 3.05) is 12.0 Å². The van der Waals surface area contributed by atoms with Gasteiger partial charge in [0.25, 0.3) is 5.95 Å². The molecule has 0 aliphatic rings. The first-order valence-corrected chi connectivity index (χ1v) is 13.6. The van der Waals surface area contributed by atoms with Crippen LogP contribution in [0.5, 0.6) is 11.5 Å². The molecular formula is C31H34N6O2. The quantitative estimate of drug-likeness (QED) is 0.102. The SMILES string of the molecule is CCCCCCn1c2ccccc2c2nnc(N/N=C/c3ccc(OCc4ccccc4)c(OCC)c3)nc21. The van der Waals surface area contributed by atoms with E-state index in [0.717, 1.165) is 46.2 Å². The molecular weight excluding hydrogens is 488 g/mol. The highest BCUT2D eigenvalue weighted by Crippen LogP contribution is 2.29. The minimum Gasteiger partial charge on any atom is -0.490 e. The lowest BCUT2D eigenvalue weighted by molar-refractivity contribution is 0.269. The number of rotatable bonds is 13. The van der Waals surface area contributed by atoms with Gasteiger partial charge in [-0.1, -0.05) is 74.7 Å². The van der Waals surface area contributed by atoms with E-state index in [-0.39, 0.29) is 0 Å². The van der Waals surface area contributed by atoms with Gasteiger partial charge in [-0.05, 0) is 48.7 Å². The van der Waals surface area contributed by atoms with Gasteiger partial charge in [-0.15, -0.1) is 10.2 Å². The topological polar surface area (TPSA) is 86.5 Å². The highest BCUT2D eigenvalue weighted by Gasteiger charge is 2.14. The van der Waals surface area contributed by atoms with E-state index < -0.39 is 0 Å². The maximum Gasteiger partial charge on any atom is 0.265 e. The van der Waals surface area contributed by atoms with Crippen LogP contribution in [0, 0.1) is 0 Å². The van der Waals surface area contributed by atoms with Crippen LogP contribution < -0.4 is 14.9 Å². The van der Waals surface area contributed by atoms with Gasteiger partial charge in [0.2, 0.25) is 0 Å². The van der Waals surface area contributed by atoms with Gasteiger partial charge >= 0.3 is 0 Å². The molecule has 0 fully saturated rings. The average molecular weight is 523 g/mol. The molecule has 0 aliphatic heterocycles. The number of nitrogens with zero attached hydrogens (tertiary/aromatic N) is 5. The standard InChI is InChI=1S/C31H34N6O2/c1-3-5-6-12-19-37-26-16-11-10-15-25(26)29-30(37)33-31(36-34-29)35-32-21-24-17-18-27(28(20-24)38-4-2)39-22-23-13-8-7-9-14-23/h7-11,13-18,20-21H,3-6,12,19,22H2,1-2H3,(H,33,35,36)/b32-21+. The molecule has 5 aromatic rings. The number of aromatic nitrogens is 4. The molecule has 5 rings (SSSR count). The van der Waals surface area contributed by atoms with Crippen molar-refractivity contribution in [2.24, 2.45) is 5.10 Å². The fourth-order valence-electron chi connectivity index (χ4n) is 4.57. The number of aryl methyl sites for hydroxylation is 1. The summed E-state index contributed by atoms with van der Waals surface area (Å²) in [6, 6.07) is 24.1. The summed E-state index contributed by atoms with van der Waals surface area (Å²) in [7, 11) is 0. The Balaban J connectivity index is 1.32. The van der Waals surface area contributed by atoms with Crippen molar-refractivity contribution in [1.82, 2.24) is 19.7 Å². The van der Waals surface area contributed by atoms with Gasteiger partial charge in [-0.3, -0.25) is 0 Å². The molecule has 0 saturated heterocycles. The van der Waals surface area contributed by atoms with E-state index in [4.69, 9.17) is 14.5 Å². The Kier molecular flexibility index (Phi) is 8.63. The van der Waals surface area contributed by atoms with Crippen LogP contribution in [0.1, 0.15) is 50.7 Å². The van der Waals surface area contributed by atoms with E-state index in [1.807, 2.05) is 61.5 Å². The summed E-state index contributed by atoms with van der Waals surface area (Å²) in [6.45, 7) is 6.07. The van der Waals surface area contributed by atoms with Crippen molar-refractivity contribution in [3.63, 3.8) is 0 Å². The summed E-state index contributed by atoms with van der Waals surface area (Å²) in [4.78, 5) is 4.78. The van der Waals surface area contributed by atoms with Crippen LogP contribution >= 0.6 is 0 Å². The van der Waals surface area contributed by atoms with Gasteiger partial charge in [-0.2, -0.15) is 10.1 Å². The van der Waals surface area contributed by atoms with E-state index >= 15 is 0 Å². The van der Waals surface area contributed by atoms with Crippen molar-refractivity contribution in [2.45, 2.75) is 52.7 Å². The Labute approximate surface area is 228 Å². The lowest BCUT2D eigenvalue weighted by Gasteiger charge is -2.12. The highest BCUT2D eigenvalue weighted by molar-refractivity contribution is 6.04. The maximum atomic E-state index is 6.01. The lowest BCUT2D eigenvalue weighted by atomic mass is 10.2. The number of fused-ring (bicyclic) bond motifs is 3. The molecule has 0 atom stereocenters. The molecule has 8 heteroatoms. The van der Waals surface area contributed by atoms with E-state index in [9.17, 15) is 0 Å². The highest BCUT2D eigenvalue weighted by atomic mass is 16.5. The molecule has 0 unspecified atom stereocenters. The summed E-state index contributed by atoms with van der Waals surface area (Å²) >= 11 is 0. The Morgan fingerprint density at radius 2 is 1.72 bits per heavy atom. The molecule has 3 aromatic carbocycles. The third-order valence-electron chi connectivity index (χ3n) is 6.49. The second kappa shape index (κ2) is 12.9. The van der Waals surface area contributed by atoms with Crippen LogP contribution in [0.3, 0.4) is 0 Å². The molecule has 0 aliphatic carbocycles. The summed E-state index contributed by atoms with van der Waals surface area (Å²) in [5, 5.41) is 14.2. The number of hydrogen-bond acceptors (Lipinski definition) is 7. The summed E-state index contributed by atoms with van der Waals surface area (Å²) in [6.07, 6.45) is 6.44. The zero-order valence-corrected chi connectivity index (χ0v) is 22.5. The third-order valence-corrected chi connectivity index (χ3v) is 6.49. The van der Waals surface area contributed by atoms with Crippen molar-refractivity contribution >= 4 is 34.2 Å². The fraction of sp³-hybridized carbons (Fsp3) is 0.290. The van der Waals surface area contributed by atoms with E-state index in [1.54, 1.807) is 6.21 Å². The molecule has 0 amide bonds. The summed E-state index contributed by atoms with van der Waals surface area (Å²) < 4.78 is 14.1. The molecule has 0 spiro atoms. The average Bonchev–Trinajstić information content (AvgIpc) is 3.28. The minimum absolute atomic E-state index is 0.351. The van der Waals surface area contributed by atoms with Gasteiger partial charge in [0.15, 0.2) is 17.1 Å². The zero-order valence-electron chi connectivity index (χ0n) is 22.5. The predicted molar refractivity (Wildman–Crippen MR) is 157 cm³/mol. The molecule has 39 heavy (non-hydrogen) atoms. The number of hydrogen-bond donors (Lipinski definition) is 1. The van der Waals surface area contributed by atoms with Crippen molar-refractivity contribution in [3.05, 3.63) is 83.9 Å². The van der Waals surface area contributed by atoms with E-state index in [2.05, 4.69) is 50.4 Å². The minimum atomic E-state index is 0.351. The Bertz CT molecular complexity index is 1550. The zero-order chi connectivity index (χ0) is 26.9. The first kappa shape index (κ1) is 26.2. The smallest absolute Gasteiger partial charge is 0.265 e. The monoisotopic (exact) mass is 522 g/mol. The van der Waals surface area contributed by atoms with Crippen molar-refractivity contribution < 1.29 is 9.47 Å². The second-order valence-electron chi connectivity index (χ2n) is 9.32.